The molecule has 0 aromatic rings. The molecule has 0 heterocycles. The maximum atomic E-state index is 11.6. The van der Waals surface area contributed by atoms with Crippen LogP contribution >= 0.6 is 0 Å². The van der Waals surface area contributed by atoms with Gasteiger partial charge in [-0.1, -0.05) is 27.2 Å². The predicted molar refractivity (Wildman–Crippen MR) is 62.6 cm³/mol. The monoisotopic (exact) mass is 208 g/mol. The molecule has 86 valence electrons. The van der Waals surface area contributed by atoms with Gasteiger partial charge in [-0.3, -0.25) is 4.79 Å². The summed E-state index contributed by atoms with van der Waals surface area (Å²) in [6.45, 7) is 7.10. The zero-order chi connectivity index (χ0) is 11.1. The largest absolute Gasteiger partial charge is 0.300 e. The van der Waals surface area contributed by atoms with Crippen molar-refractivity contribution in [3.8, 4) is 0 Å². The van der Waals surface area contributed by atoms with E-state index in [4.69, 9.17) is 0 Å². The van der Waals surface area contributed by atoms with Gasteiger partial charge in [-0.05, 0) is 42.4 Å². The van der Waals surface area contributed by atoms with Crippen molar-refractivity contribution in [2.45, 2.75) is 59.3 Å². The normalized spacial score (nSPS) is 39.9. The summed E-state index contributed by atoms with van der Waals surface area (Å²) in [5.74, 6) is 2.88. The first-order valence-corrected chi connectivity index (χ1v) is 6.57. The molecule has 0 aliphatic heterocycles. The van der Waals surface area contributed by atoms with E-state index in [1.165, 1.54) is 25.7 Å². The van der Waals surface area contributed by atoms with Crippen molar-refractivity contribution in [3.63, 3.8) is 0 Å². The quantitative estimate of drug-likeness (QED) is 0.640. The smallest absolute Gasteiger partial charge is 0.133 e. The molecule has 0 aromatic carbocycles. The zero-order valence-electron chi connectivity index (χ0n) is 10.4. The van der Waals surface area contributed by atoms with Crippen LogP contribution in [-0.2, 0) is 4.79 Å². The first-order valence-electron chi connectivity index (χ1n) is 6.57. The molecule has 2 rings (SSSR count). The first kappa shape index (κ1) is 11.2. The van der Waals surface area contributed by atoms with Gasteiger partial charge in [-0.2, -0.15) is 0 Å². The molecule has 15 heavy (non-hydrogen) atoms. The van der Waals surface area contributed by atoms with E-state index in [1.807, 2.05) is 0 Å². The van der Waals surface area contributed by atoms with Gasteiger partial charge in [0, 0.05) is 12.8 Å². The van der Waals surface area contributed by atoms with Gasteiger partial charge in [0.2, 0.25) is 0 Å². The van der Waals surface area contributed by atoms with Crippen LogP contribution in [-0.4, -0.2) is 5.78 Å². The summed E-state index contributed by atoms with van der Waals surface area (Å²) in [6.07, 6.45) is 6.94. The van der Waals surface area contributed by atoms with E-state index in [9.17, 15) is 4.79 Å². The summed E-state index contributed by atoms with van der Waals surface area (Å²) in [6, 6.07) is 0. The minimum absolute atomic E-state index is 0.397. The highest BCUT2D eigenvalue weighted by molar-refractivity contribution is 5.79. The zero-order valence-corrected chi connectivity index (χ0v) is 10.4. The molecule has 2 fully saturated rings. The number of carbonyl (C=O) groups is 1. The standard InChI is InChI=1S/C14H24O/c1-4-11-7-5-10-6-8-12(15)9-13(10)14(11,2)3/h10-11,13H,4-9H2,1-3H3. The van der Waals surface area contributed by atoms with Crippen molar-refractivity contribution in [1.82, 2.24) is 0 Å². The molecule has 2 aliphatic rings. The highest BCUT2D eigenvalue weighted by Gasteiger charge is 2.46. The van der Waals surface area contributed by atoms with Crippen molar-refractivity contribution in [3.05, 3.63) is 0 Å². The number of hydrogen-bond acceptors (Lipinski definition) is 1. The van der Waals surface area contributed by atoms with Crippen molar-refractivity contribution in [2.75, 3.05) is 0 Å². The van der Waals surface area contributed by atoms with Crippen LogP contribution in [0.2, 0.25) is 0 Å². The van der Waals surface area contributed by atoms with Crippen LogP contribution in [0.5, 0.6) is 0 Å². The lowest BCUT2D eigenvalue weighted by atomic mass is 9.54. The van der Waals surface area contributed by atoms with E-state index in [0.717, 1.165) is 24.7 Å². The fourth-order valence-electron chi connectivity index (χ4n) is 4.10. The number of Topliss-reactive ketones (excluding diaryl/α,β-unsaturated/α-hetero) is 1. The average Bonchev–Trinajstić information content (AvgIpc) is 2.19. The molecular weight excluding hydrogens is 184 g/mol. The highest BCUT2D eigenvalue weighted by atomic mass is 16.1. The molecule has 0 amide bonds. The Morgan fingerprint density at radius 3 is 2.67 bits per heavy atom. The fraction of sp³-hybridized carbons (Fsp3) is 0.929. The molecule has 2 aliphatic carbocycles. The molecule has 0 radical (unpaired) electrons. The lowest BCUT2D eigenvalue weighted by Crippen LogP contribution is -2.44. The van der Waals surface area contributed by atoms with Crippen LogP contribution < -0.4 is 0 Å². The second-order valence-electron chi connectivity index (χ2n) is 6.15. The molecule has 0 N–H and O–H groups in total. The lowest BCUT2D eigenvalue weighted by Gasteiger charge is -2.51. The van der Waals surface area contributed by atoms with Crippen molar-refractivity contribution in [2.24, 2.45) is 23.2 Å². The Bertz CT molecular complexity index is 254. The third kappa shape index (κ3) is 1.86. The lowest BCUT2D eigenvalue weighted by molar-refractivity contribution is -0.127. The van der Waals surface area contributed by atoms with Gasteiger partial charge >= 0.3 is 0 Å². The summed E-state index contributed by atoms with van der Waals surface area (Å²) >= 11 is 0. The van der Waals surface area contributed by atoms with E-state index in [1.54, 1.807) is 0 Å². The second kappa shape index (κ2) is 3.92. The van der Waals surface area contributed by atoms with Crippen LogP contribution in [0.25, 0.3) is 0 Å². The van der Waals surface area contributed by atoms with Gasteiger partial charge in [0.25, 0.3) is 0 Å². The molecule has 3 atom stereocenters. The van der Waals surface area contributed by atoms with E-state index in [-0.39, 0.29) is 0 Å². The fourth-order valence-corrected chi connectivity index (χ4v) is 4.10. The SMILES string of the molecule is CCC1CCC2CCC(=O)CC2C1(C)C. The number of carbonyl (C=O) groups excluding carboxylic acids is 1. The summed E-state index contributed by atoms with van der Waals surface area (Å²) < 4.78 is 0. The molecule has 2 saturated carbocycles. The van der Waals surface area contributed by atoms with Crippen LogP contribution in [0.4, 0.5) is 0 Å². The van der Waals surface area contributed by atoms with Crippen LogP contribution in [0.3, 0.4) is 0 Å². The summed E-state index contributed by atoms with van der Waals surface area (Å²) in [5, 5.41) is 0. The van der Waals surface area contributed by atoms with Gasteiger partial charge in [0.1, 0.15) is 5.78 Å². The number of ketones is 1. The Morgan fingerprint density at radius 2 is 2.00 bits per heavy atom. The van der Waals surface area contributed by atoms with Crippen molar-refractivity contribution >= 4 is 5.78 Å². The minimum atomic E-state index is 0.397. The molecule has 3 unspecified atom stereocenters. The van der Waals surface area contributed by atoms with Gasteiger partial charge in [0.05, 0.1) is 0 Å². The van der Waals surface area contributed by atoms with E-state index in [2.05, 4.69) is 20.8 Å². The Morgan fingerprint density at radius 1 is 1.27 bits per heavy atom. The van der Waals surface area contributed by atoms with Gasteiger partial charge < -0.3 is 0 Å². The molecule has 1 heteroatoms. The van der Waals surface area contributed by atoms with Crippen molar-refractivity contribution < 1.29 is 4.79 Å². The minimum Gasteiger partial charge on any atom is -0.300 e. The van der Waals surface area contributed by atoms with E-state index in [0.29, 0.717) is 17.1 Å². The topological polar surface area (TPSA) is 17.1 Å². The Labute approximate surface area is 93.6 Å². The van der Waals surface area contributed by atoms with Gasteiger partial charge in [0.15, 0.2) is 0 Å². The third-order valence-corrected chi connectivity index (χ3v) is 5.20. The molecular formula is C14H24O. The number of hydrogen-bond donors (Lipinski definition) is 0. The second-order valence-corrected chi connectivity index (χ2v) is 6.15. The van der Waals surface area contributed by atoms with E-state index >= 15 is 0 Å². The summed E-state index contributed by atoms with van der Waals surface area (Å²) in [5.41, 5.74) is 0.397. The Balaban J connectivity index is 2.18. The number of fused-ring (bicyclic) bond motifs is 1. The van der Waals surface area contributed by atoms with Crippen molar-refractivity contribution in [1.29, 1.82) is 0 Å². The van der Waals surface area contributed by atoms with E-state index < -0.39 is 0 Å². The summed E-state index contributed by atoms with van der Waals surface area (Å²) in [7, 11) is 0. The summed E-state index contributed by atoms with van der Waals surface area (Å²) in [4.78, 5) is 11.6. The first-order chi connectivity index (χ1) is 7.05. The maximum absolute atomic E-state index is 11.6. The highest BCUT2D eigenvalue weighted by Crippen LogP contribution is 2.53. The third-order valence-electron chi connectivity index (χ3n) is 5.20. The predicted octanol–water partition coefficient (Wildman–Crippen LogP) is 3.82. The maximum Gasteiger partial charge on any atom is 0.133 e. The molecule has 0 saturated heterocycles. The Hall–Kier alpha value is -0.330. The number of rotatable bonds is 1. The van der Waals surface area contributed by atoms with Gasteiger partial charge in [-0.25, -0.2) is 0 Å². The Kier molecular flexibility index (Phi) is 2.92. The molecule has 0 bridgehead atoms. The van der Waals surface area contributed by atoms with Crippen LogP contribution in [0.15, 0.2) is 0 Å². The molecule has 0 aromatic heterocycles. The molecule has 1 nitrogen and oxygen atoms in total. The average molecular weight is 208 g/mol. The van der Waals surface area contributed by atoms with Crippen LogP contribution in [0.1, 0.15) is 59.3 Å². The molecule has 0 spiro atoms. The van der Waals surface area contributed by atoms with Gasteiger partial charge in [-0.15, -0.1) is 0 Å². The van der Waals surface area contributed by atoms with Crippen LogP contribution in [0, 0.1) is 23.2 Å².